The van der Waals surface area contributed by atoms with Gasteiger partial charge in [-0.25, -0.2) is 4.99 Å². The van der Waals surface area contributed by atoms with Crippen LogP contribution in [0, 0.1) is 13.8 Å². The number of carbonyl (C=O) groups is 1. The van der Waals surface area contributed by atoms with Crippen molar-refractivity contribution in [2.24, 2.45) is 10.7 Å². The highest BCUT2D eigenvalue weighted by molar-refractivity contribution is 5.94. The number of carbonyl (C=O) groups excluding carboxylic acids is 1. The zero-order valence-electron chi connectivity index (χ0n) is 11.9. The van der Waals surface area contributed by atoms with E-state index >= 15 is 0 Å². The van der Waals surface area contributed by atoms with E-state index in [9.17, 15) is 4.79 Å². The van der Waals surface area contributed by atoms with E-state index in [0.717, 1.165) is 16.8 Å². The van der Waals surface area contributed by atoms with E-state index in [1.165, 1.54) is 0 Å². The van der Waals surface area contributed by atoms with Crippen molar-refractivity contribution in [3.63, 3.8) is 0 Å². The van der Waals surface area contributed by atoms with Gasteiger partial charge in [0, 0.05) is 11.7 Å². The first-order chi connectivity index (χ1) is 8.86. The van der Waals surface area contributed by atoms with E-state index in [0.29, 0.717) is 0 Å². The molecule has 1 rings (SSSR count). The lowest BCUT2D eigenvalue weighted by Crippen LogP contribution is -2.33. The van der Waals surface area contributed by atoms with Crippen LogP contribution in [0.15, 0.2) is 23.2 Å². The summed E-state index contributed by atoms with van der Waals surface area (Å²) in [7, 11) is 0. The van der Waals surface area contributed by atoms with Crippen LogP contribution >= 0.6 is 0 Å². The Balaban J connectivity index is 2.58. The molecular formula is C14H22N4O. The topological polar surface area (TPSA) is 79.5 Å². The molecule has 0 aliphatic heterocycles. The highest BCUT2D eigenvalue weighted by Crippen LogP contribution is 2.13. The van der Waals surface area contributed by atoms with Crippen molar-refractivity contribution in [3.05, 3.63) is 29.3 Å². The summed E-state index contributed by atoms with van der Waals surface area (Å²) in [4.78, 5) is 15.4. The van der Waals surface area contributed by atoms with Gasteiger partial charge >= 0.3 is 0 Å². The maximum atomic E-state index is 11.4. The third-order valence-electron chi connectivity index (χ3n) is 2.34. The molecule has 0 unspecified atom stereocenters. The van der Waals surface area contributed by atoms with E-state index in [1.54, 1.807) is 0 Å². The van der Waals surface area contributed by atoms with Crippen LogP contribution in [0.2, 0.25) is 0 Å². The molecule has 0 saturated carbocycles. The summed E-state index contributed by atoms with van der Waals surface area (Å²) in [6, 6.07) is 6.14. The Morgan fingerprint density at radius 1 is 1.26 bits per heavy atom. The third kappa shape index (κ3) is 5.90. The van der Waals surface area contributed by atoms with Gasteiger partial charge in [0.15, 0.2) is 5.96 Å². The molecule has 0 atom stereocenters. The first-order valence-electron chi connectivity index (χ1n) is 6.31. The van der Waals surface area contributed by atoms with Crippen molar-refractivity contribution < 1.29 is 4.79 Å². The fraction of sp³-hybridized carbons (Fsp3) is 0.429. The second-order valence-electron chi connectivity index (χ2n) is 4.93. The zero-order valence-corrected chi connectivity index (χ0v) is 11.9. The molecule has 5 nitrogen and oxygen atoms in total. The molecular weight excluding hydrogens is 240 g/mol. The molecule has 0 aromatic heterocycles. The van der Waals surface area contributed by atoms with Gasteiger partial charge < -0.3 is 16.4 Å². The number of guanidine groups is 1. The van der Waals surface area contributed by atoms with Gasteiger partial charge in [-0.1, -0.05) is 6.07 Å². The highest BCUT2D eigenvalue weighted by atomic mass is 16.1. The maximum Gasteiger partial charge on any atom is 0.242 e. The Kier molecular flexibility index (Phi) is 5.36. The minimum absolute atomic E-state index is 0.0296. The van der Waals surface area contributed by atoms with E-state index in [-0.39, 0.29) is 24.5 Å². The number of nitrogens with one attached hydrogen (secondary N) is 2. The minimum Gasteiger partial charge on any atom is -0.370 e. The molecule has 104 valence electrons. The molecule has 1 aromatic rings. The van der Waals surface area contributed by atoms with Crippen LogP contribution < -0.4 is 16.4 Å². The van der Waals surface area contributed by atoms with E-state index in [1.807, 2.05) is 39.8 Å². The number of amides is 1. The number of nitrogens with zero attached hydrogens (tertiary/aromatic N) is 1. The standard InChI is InChI=1S/C14H22N4O/c1-9(2)17-13(19)8-16-14(15)18-12-6-10(3)5-11(4)7-12/h5-7,9H,8H2,1-4H3,(H,17,19)(H3,15,16,18). The number of anilines is 1. The number of benzene rings is 1. The number of hydrogen-bond acceptors (Lipinski definition) is 2. The van der Waals surface area contributed by atoms with Gasteiger partial charge in [0.05, 0.1) is 0 Å². The van der Waals surface area contributed by atoms with Gasteiger partial charge in [-0.3, -0.25) is 4.79 Å². The van der Waals surface area contributed by atoms with Crippen molar-refractivity contribution in [1.29, 1.82) is 0 Å². The molecule has 0 heterocycles. The average Bonchev–Trinajstić information content (AvgIpc) is 2.23. The largest absolute Gasteiger partial charge is 0.370 e. The Morgan fingerprint density at radius 2 is 1.84 bits per heavy atom. The summed E-state index contributed by atoms with van der Waals surface area (Å²) in [5.41, 5.74) is 8.91. The van der Waals surface area contributed by atoms with Crippen molar-refractivity contribution >= 4 is 17.6 Å². The summed E-state index contributed by atoms with van der Waals surface area (Å²) < 4.78 is 0. The van der Waals surface area contributed by atoms with Crippen LogP contribution in [0.3, 0.4) is 0 Å². The van der Waals surface area contributed by atoms with E-state index in [4.69, 9.17) is 5.73 Å². The smallest absolute Gasteiger partial charge is 0.242 e. The number of aryl methyl sites for hydroxylation is 2. The lowest BCUT2D eigenvalue weighted by Gasteiger charge is -2.09. The lowest BCUT2D eigenvalue weighted by atomic mass is 10.1. The summed E-state index contributed by atoms with van der Waals surface area (Å²) in [5, 5.41) is 5.73. The van der Waals surface area contributed by atoms with E-state index in [2.05, 4.69) is 21.7 Å². The molecule has 0 fully saturated rings. The van der Waals surface area contributed by atoms with Gasteiger partial charge in [-0.15, -0.1) is 0 Å². The molecule has 4 N–H and O–H groups in total. The third-order valence-corrected chi connectivity index (χ3v) is 2.34. The monoisotopic (exact) mass is 262 g/mol. The van der Waals surface area contributed by atoms with Crippen LogP contribution in [0.25, 0.3) is 0 Å². The second-order valence-corrected chi connectivity index (χ2v) is 4.93. The summed E-state index contributed by atoms with van der Waals surface area (Å²) in [5.74, 6) is 0.101. The molecule has 0 radical (unpaired) electrons. The van der Waals surface area contributed by atoms with Gasteiger partial charge in [0.25, 0.3) is 0 Å². The minimum atomic E-state index is -0.139. The van der Waals surface area contributed by atoms with Crippen molar-refractivity contribution in [1.82, 2.24) is 5.32 Å². The van der Waals surface area contributed by atoms with Crippen LogP contribution in [-0.2, 0) is 4.79 Å². The first-order valence-corrected chi connectivity index (χ1v) is 6.31. The maximum absolute atomic E-state index is 11.4. The molecule has 1 amide bonds. The van der Waals surface area contributed by atoms with E-state index < -0.39 is 0 Å². The fourth-order valence-corrected chi connectivity index (χ4v) is 1.76. The van der Waals surface area contributed by atoms with Crippen LogP contribution in [0.4, 0.5) is 5.69 Å². The van der Waals surface area contributed by atoms with Crippen LogP contribution in [0.5, 0.6) is 0 Å². The van der Waals surface area contributed by atoms with Gasteiger partial charge in [-0.05, 0) is 51.0 Å². The Hall–Kier alpha value is -2.04. The summed E-state index contributed by atoms with van der Waals surface area (Å²) >= 11 is 0. The number of hydrogen-bond donors (Lipinski definition) is 3. The zero-order chi connectivity index (χ0) is 14.4. The fourth-order valence-electron chi connectivity index (χ4n) is 1.76. The number of aliphatic imine (C=N–C) groups is 1. The molecule has 19 heavy (non-hydrogen) atoms. The number of rotatable bonds is 4. The van der Waals surface area contributed by atoms with Crippen molar-refractivity contribution in [2.45, 2.75) is 33.7 Å². The van der Waals surface area contributed by atoms with Crippen molar-refractivity contribution in [2.75, 3.05) is 11.9 Å². The lowest BCUT2D eigenvalue weighted by molar-refractivity contribution is -0.120. The molecule has 5 heteroatoms. The summed E-state index contributed by atoms with van der Waals surface area (Å²) in [6.07, 6.45) is 0. The molecule has 0 aliphatic carbocycles. The predicted molar refractivity (Wildman–Crippen MR) is 79.3 cm³/mol. The quantitative estimate of drug-likeness (QED) is 0.569. The Bertz CT molecular complexity index is 460. The van der Waals surface area contributed by atoms with Crippen molar-refractivity contribution in [3.8, 4) is 0 Å². The summed E-state index contributed by atoms with van der Waals surface area (Å²) in [6.45, 7) is 7.86. The van der Waals surface area contributed by atoms with Crippen LogP contribution in [-0.4, -0.2) is 24.5 Å². The Morgan fingerprint density at radius 3 is 2.37 bits per heavy atom. The van der Waals surface area contributed by atoms with Gasteiger partial charge in [-0.2, -0.15) is 0 Å². The predicted octanol–water partition coefficient (Wildman–Crippen LogP) is 1.55. The molecule has 0 bridgehead atoms. The normalized spacial score (nSPS) is 11.5. The second kappa shape index (κ2) is 6.78. The first kappa shape index (κ1) is 15.0. The molecule has 0 aliphatic rings. The van der Waals surface area contributed by atoms with Crippen LogP contribution in [0.1, 0.15) is 25.0 Å². The molecule has 0 saturated heterocycles. The average molecular weight is 262 g/mol. The van der Waals surface area contributed by atoms with Gasteiger partial charge in [0.1, 0.15) is 6.54 Å². The SMILES string of the molecule is Cc1cc(C)cc(NC(N)=NCC(=O)NC(C)C)c1. The molecule has 1 aromatic carbocycles. The molecule has 0 spiro atoms. The highest BCUT2D eigenvalue weighted by Gasteiger charge is 2.02. The van der Waals surface area contributed by atoms with Gasteiger partial charge in [0.2, 0.25) is 5.91 Å². The Labute approximate surface area is 114 Å². The number of nitrogens with two attached hydrogens (primary N) is 1.